The average Bonchev–Trinajstić information content (AvgIpc) is 2.54. The highest BCUT2D eigenvalue weighted by Crippen LogP contribution is 2.10. The molecule has 1 aromatic carbocycles. The number of benzene rings is 1. The molecule has 0 unspecified atom stereocenters. The first-order valence-corrected chi connectivity index (χ1v) is 9.29. The van der Waals surface area contributed by atoms with Crippen molar-refractivity contribution < 1.29 is 4.79 Å². The maximum absolute atomic E-state index is 11.8. The molecular weight excluding hydrogens is 304 g/mol. The van der Waals surface area contributed by atoms with Crippen molar-refractivity contribution >= 4 is 28.9 Å². The third-order valence-corrected chi connectivity index (χ3v) is 4.00. The van der Waals surface area contributed by atoms with Gasteiger partial charge in [-0.15, -0.1) is 0 Å². The summed E-state index contributed by atoms with van der Waals surface area (Å²) in [5, 5.41) is 6.11. The Morgan fingerprint density at radius 2 is 1.48 bits per heavy atom. The van der Waals surface area contributed by atoms with E-state index in [2.05, 4.69) is 17.6 Å². The van der Waals surface area contributed by atoms with Gasteiger partial charge in [0.05, 0.1) is 0 Å². The Kier molecular flexibility index (Phi) is 11.1. The molecular formula is C19H30N2OS. The summed E-state index contributed by atoms with van der Waals surface area (Å²) in [6.07, 6.45) is 11.8. The van der Waals surface area contributed by atoms with Crippen LogP contribution in [0, 0.1) is 0 Å². The Morgan fingerprint density at radius 1 is 0.913 bits per heavy atom. The average molecular weight is 335 g/mol. The number of para-hydroxylation sites is 1. The van der Waals surface area contributed by atoms with E-state index in [0.29, 0.717) is 11.5 Å². The molecule has 4 heteroatoms. The van der Waals surface area contributed by atoms with Crippen molar-refractivity contribution in [2.45, 2.75) is 71.1 Å². The van der Waals surface area contributed by atoms with E-state index in [9.17, 15) is 4.79 Å². The SMILES string of the molecule is CCCCCCCCCCCC(=O)NC(=S)Nc1ccccc1. The summed E-state index contributed by atoms with van der Waals surface area (Å²) < 4.78 is 0. The predicted octanol–water partition coefficient (Wildman–Crippen LogP) is 5.42. The van der Waals surface area contributed by atoms with E-state index in [1.54, 1.807) is 0 Å². The zero-order valence-electron chi connectivity index (χ0n) is 14.3. The fourth-order valence-electron chi connectivity index (χ4n) is 2.47. The van der Waals surface area contributed by atoms with Crippen LogP contribution < -0.4 is 10.6 Å². The standard InChI is InChI=1S/C19H30N2OS/c1-2-3-4-5-6-7-8-9-13-16-18(22)21-19(23)20-17-14-11-10-12-15-17/h10-12,14-15H,2-9,13,16H2,1H3,(H2,20,21,22,23). The number of thiocarbonyl (C=S) groups is 1. The molecule has 23 heavy (non-hydrogen) atoms. The van der Waals surface area contributed by atoms with E-state index in [4.69, 9.17) is 12.2 Å². The van der Waals surface area contributed by atoms with Crippen molar-refractivity contribution in [1.29, 1.82) is 0 Å². The van der Waals surface area contributed by atoms with Crippen molar-refractivity contribution in [3.05, 3.63) is 30.3 Å². The van der Waals surface area contributed by atoms with Gasteiger partial charge in [0.2, 0.25) is 5.91 Å². The molecule has 0 aromatic heterocycles. The molecule has 0 aliphatic heterocycles. The van der Waals surface area contributed by atoms with Gasteiger partial charge in [-0.05, 0) is 30.8 Å². The lowest BCUT2D eigenvalue weighted by Gasteiger charge is -2.09. The molecule has 0 radical (unpaired) electrons. The molecule has 0 saturated carbocycles. The monoisotopic (exact) mass is 334 g/mol. The van der Waals surface area contributed by atoms with Crippen molar-refractivity contribution in [2.24, 2.45) is 0 Å². The largest absolute Gasteiger partial charge is 0.332 e. The van der Waals surface area contributed by atoms with Crippen LogP contribution in [-0.4, -0.2) is 11.0 Å². The fraction of sp³-hybridized carbons (Fsp3) is 0.579. The number of carbonyl (C=O) groups is 1. The van der Waals surface area contributed by atoms with E-state index in [-0.39, 0.29) is 5.91 Å². The number of rotatable bonds is 11. The highest BCUT2D eigenvalue weighted by molar-refractivity contribution is 7.80. The molecule has 0 aliphatic carbocycles. The lowest BCUT2D eigenvalue weighted by molar-refractivity contribution is -0.119. The van der Waals surface area contributed by atoms with Crippen LogP contribution in [0.3, 0.4) is 0 Å². The Labute approximate surface area is 146 Å². The molecule has 1 aromatic rings. The minimum atomic E-state index is 0.00127. The minimum Gasteiger partial charge on any atom is -0.332 e. The van der Waals surface area contributed by atoms with Crippen LogP contribution in [0.4, 0.5) is 5.69 Å². The van der Waals surface area contributed by atoms with E-state index >= 15 is 0 Å². The summed E-state index contributed by atoms with van der Waals surface area (Å²) in [5.41, 5.74) is 0.890. The van der Waals surface area contributed by atoms with Gasteiger partial charge in [-0.1, -0.05) is 76.5 Å². The maximum atomic E-state index is 11.8. The van der Waals surface area contributed by atoms with Crippen LogP contribution in [0.2, 0.25) is 0 Å². The number of anilines is 1. The zero-order chi connectivity index (χ0) is 16.8. The summed E-state index contributed by atoms with van der Waals surface area (Å²) >= 11 is 5.14. The van der Waals surface area contributed by atoms with Gasteiger partial charge >= 0.3 is 0 Å². The van der Waals surface area contributed by atoms with Gasteiger partial charge in [0.15, 0.2) is 5.11 Å². The van der Waals surface area contributed by atoms with Crippen molar-refractivity contribution in [3.8, 4) is 0 Å². The fourth-order valence-corrected chi connectivity index (χ4v) is 2.70. The summed E-state index contributed by atoms with van der Waals surface area (Å²) in [6.45, 7) is 2.24. The highest BCUT2D eigenvalue weighted by Gasteiger charge is 2.04. The first-order valence-electron chi connectivity index (χ1n) is 8.88. The Balaban J connectivity index is 1.98. The molecule has 2 N–H and O–H groups in total. The van der Waals surface area contributed by atoms with Crippen LogP contribution in [-0.2, 0) is 4.79 Å². The minimum absolute atomic E-state index is 0.00127. The second kappa shape index (κ2) is 13.1. The van der Waals surface area contributed by atoms with Gasteiger partial charge in [-0.3, -0.25) is 4.79 Å². The molecule has 0 aliphatic rings. The molecule has 0 heterocycles. The van der Waals surface area contributed by atoms with Gasteiger partial charge in [0, 0.05) is 12.1 Å². The predicted molar refractivity (Wildman–Crippen MR) is 103 cm³/mol. The summed E-state index contributed by atoms with van der Waals surface area (Å²) in [4.78, 5) is 11.8. The number of carbonyl (C=O) groups excluding carboxylic acids is 1. The van der Waals surface area contributed by atoms with Gasteiger partial charge in [0.1, 0.15) is 0 Å². The molecule has 3 nitrogen and oxygen atoms in total. The van der Waals surface area contributed by atoms with Crippen LogP contribution in [0.25, 0.3) is 0 Å². The smallest absolute Gasteiger partial charge is 0.226 e. The van der Waals surface area contributed by atoms with Crippen molar-refractivity contribution in [3.63, 3.8) is 0 Å². The van der Waals surface area contributed by atoms with Gasteiger partial charge in [-0.25, -0.2) is 0 Å². The molecule has 0 saturated heterocycles. The van der Waals surface area contributed by atoms with Crippen LogP contribution in [0.5, 0.6) is 0 Å². The second-order valence-corrected chi connectivity index (χ2v) is 6.36. The van der Waals surface area contributed by atoms with Crippen molar-refractivity contribution in [1.82, 2.24) is 5.32 Å². The van der Waals surface area contributed by atoms with E-state index in [1.807, 2.05) is 30.3 Å². The number of amides is 1. The van der Waals surface area contributed by atoms with E-state index in [1.165, 1.54) is 44.9 Å². The van der Waals surface area contributed by atoms with E-state index < -0.39 is 0 Å². The van der Waals surface area contributed by atoms with Gasteiger partial charge in [0.25, 0.3) is 0 Å². The molecule has 0 bridgehead atoms. The van der Waals surface area contributed by atoms with Crippen LogP contribution in [0.1, 0.15) is 71.1 Å². The van der Waals surface area contributed by atoms with Gasteiger partial charge in [-0.2, -0.15) is 0 Å². The Bertz CT molecular complexity index is 448. The number of hydrogen-bond acceptors (Lipinski definition) is 2. The second-order valence-electron chi connectivity index (χ2n) is 5.95. The maximum Gasteiger partial charge on any atom is 0.226 e. The molecule has 128 valence electrons. The first kappa shape index (κ1) is 19.6. The number of nitrogens with one attached hydrogen (secondary N) is 2. The van der Waals surface area contributed by atoms with E-state index in [0.717, 1.165) is 18.5 Å². The lowest BCUT2D eigenvalue weighted by atomic mass is 10.1. The third-order valence-electron chi connectivity index (χ3n) is 3.79. The normalized spacial score (nSPS) is 10.3. The molecule has 0 spiro atoms. The summed E-state index contributed by atoms with van der Waals surface area (Å²) in [6, 6.07) is 9.62. The number of hydrogen-bond donors (Lipinski definition) is 2. The highest BCUT2D eigenvalue weighted by atomic mass is 32.1. The topological polar surface area (TPSA) is 41.1 Å². The molecule has 0 atom stereocenters. The first-order chi connectivity index (χ1) is 11.2. The van der Waals surface area contributed by atoms with Crippen LogP contribution >= 0.6 is 12.2 Å². The van der Waals surface area contributed by atoms with Crippen LogP contribution in [0.15, 0.2) is 30.3 Å². The summed E-state index contributed by atoms with van der Waals surface area (Å²) in [7, 11) is 0. The van der Waals surface area contributed by atoms with Gasteiger partial charge < -0.3 is 10.6 Å². The Morgan fingerprint density at radius 3 is 2.09 bits per heavy atom. The molecule has 1 rings (SSSR count). The third kappa shape index (κ3) is 10.9. The van der Waals surface area contributed by atoms with Crippen molar-refractivity contribution in [2.75, 3.05) is 5.32 Å². The zero-order valence-corrected chi connectivity index (χ0v) is 15.1. The quantitative estimate of drug-likeness (QED) is 0.419. The number of unbranched alkanes of at least 4 members (excludes halogenated alkanes) is 8. The summed E-state index contributed by atoms with van der Waals surface area (Å²) in [5.74, 6) is 0.00127. The Hall–Kier alpha value is -1.42. The molecule has 1 amide bonds. The molecule has 0 fully saturated rings. The lowest BCUT2D eigenvalue weighted by Crippen LogP contribution is -2.33.